The van der Waals surface area contributed by atoms with Crippen LogP contribution < -0.4 is 5.73 Å². The summed E-state index contributed by atoms with van der Waals surface area (Å²) in [5.74, 6) is 0. The van der Waals surface area contributed by atoms with Gasteiger partial charge in [-0.2, -0.15) is 0 Å². The first kappa shape index (κ1) is 15.4. The SMILES string of the molecule is Nc1ccccc1Cl.O=[N+]([O-])c1cccc([N+](=O)[O-])c1. The molecule has 0 bridgehead atoms. The zero-order chi connectivity index (χ0) is 15.1. The van der Waals surface area contributed by atoms with Crippen molar-refractivity contribution in [1.82, 2.24) is 0 Å². The number of nitrogen functional groups attached to an aromatic ring is 1. The van der Waals surface area contributed by atoms with Gasteiger partial charge in [0.1, 0.15) is 0 Å². The Kier molecular flexibility index (Phi) is 5.42. The molecule has 0 heterocycles. The van der Waals surface area contributed by atoms with E-state index in [1.54, 1.807) is 12.1 Å². The van der Waals surface area contributed by atoms with Gasteiger partial charge in [-0.25, -0.2) is 0 Å². The van der Waals surface area contributed by atoms with Crippen LogP contribution in [0.2, 0.25) is 5.02 Å². The first-order valence-corrected chi connectivity index (χ1v) is 5.68. The molecule has 0 fully saturated rings. The molecule has 2 aromatic carbocycles. The van der Waals surface area contributed by atoms with Gasteiger partial charge in [-0.15, -0.1) is 0 Å². The Hall–Kier alpha value is -2.67. The molecule has 7 nitrogen and oxygen atoms in total. The summed E-state index contributed by atoms with van der Waals surface area (Å²) in [4.78, 5) is 19.0. The molecule has 2 aromatic rings. The Labute approximate surface area is 118 Å². The third kappa shape index (κ3) is 4.54. The van der Waals surface area contributed by atoms with Gasteiger partial charge in [0.05, 0.1) is 26.6 Å². The van der Waals surface area contributed by atoms with Gasteiger partial charge in [0, 0.05) is 12.1 Å². The van der Waals surface area contributed by atoms with Gasteiger partial charge in [0.15, 0.2) is 0 Å². The lowest BCUT2D eigenvalue weighted by Gasteiger charge is -1.91. The van der Waals surface area contributed by atoms with E-state index in [2.05, 4.69) is 0 Å². The second kappa shape index (κ2) is 7.05. The summed E-state index contributed by atoms with van der Waals surface area (Å²) in [6.07, 6.45) is 0. The summed E-state index contributed by atoms with van der Waals surface area (Å²) in [5.41, 5.74) is 5.47. The predicted octanol–water partition coefficient (Wildman–Crippen LogP) is 3.43. The van der Waals surface area contributed by atoms with E-state index < -0.39 is 9.85 Å². The van der Waals surface area contributed by atoms with Crippen molar-refractivity contribution in [1.29, 1.82) is 0 Å². The lowest BCUT2D eigenvalue weighted by Crippen LogP contribution is -1.91. The number of non-ortho nitro benzene ring substituents is 2. The number of halogens is 1. The number of benzene rings is 2. The second-order valence-corrected chi connectivity index (χ2v) is 3.96. The smallest absolute Gasteiger partial charge is 0.276 e. The van der Waals surface area contributed by atoms with Gasteiger partial charge >= 0.3 is 0 Å². The molecular weight excluding hydrogens is 286 g/mol. The van der Waals surface area contributed by atoms with E-state index in [1.165, 1.54) is 18.2 Å². The molecule has 0 aromatic heterocycles. The van der Waals surface area contributed by atoms with Gasteiger partial charge in [0.25, 0.3) is 11.4 Å². The van der Waals surface area contributed by atoms with E-state index in [9.17, 15) is 20.2 Å². The second-order valence-electron chi connectivity index (χ2n) is 3.56. The van der Waals surface area contributed by atoms with Crippen molar-refractivity contribution in [2.24, 2.45) is 0 Å². The maximum atomic E-state index is 10.2. The third-order valence-electron chi connectivity index (χ3n) is 2.16. The highest BCUT2D eigenvalue weighted by Crippen LogP contribution is 2.18. The number of nitro groups is 2. The molecule has 0 amide bonds. The van der Waals surface area contributed by atoms with E-state index >= 15 is 0 Å². The number of para-hydroxylation sites is 1. The standard InChI is InChI=1S/C6H6ClN.C6H4N2O4/c7-5-3-1-2-4-6(5)8;9-7(10)5-2-1-3-6(4-5)8(11)12/h1-4H,8H2;1-4H. The minimum atomic E-state index is -0.674. The molecule has 0 aliphatic rings. The summed E-state index contributed by atoms with van der Waals surface area (Å²) in [6, 6.07) is 11.8. The van der Waals surface area contributed by atoms with Crippen LogP contribution in [0.25, 0.3) is 0 Å². The van der Waals surface area contributed by atoms with E-state index in [1.807, 2.05) is 12.1 Å². The van der Waals surface area contributed by atoms with E-state index in [0.717, 1.165) is 6.07 Å². The molecule has 0 saturated heterocycles. The Morgan fingerprint density at radius 3 is 1.75 bits per heavy atom. The molecule has 2 N–H and O–H groups in total. The molecule has 0 saturated carbocycles. The molecule has 0 aliphatic carbocycles. The Morgan fingerprint density at radius 1 is 0.900 bits per heavy atom. The number of rotatable bonds is 2. The molecule has 20 heavy (non-hydrogen) atoms. The quantitative estimate of drug-likeness (QED) is 0.518. The molecule has 2 rings (SSSR count). The van der Waals surface area contributed by atoms with Crippen LogP contribution in [-0.4, -0.2) is 9.85 Å². The summed E-state index contributed by atoms with van der Waals surface area (Å²) in [5, 5.41) is 20.9. The van der Waals surface area contributed by atoms with Crippen LogP contribution in [0.5, 0.6) is 0 Å². The van der Waals surface area contributed by atoms with Gasteiger partial charge < -0.3 is 5.73 Å². The number of hydrogen-bond acceptors (Lipinski definition) is 5. The largest absolute Gasteiger partial charge is 0.398 e. The fourth-order valence-corrected chi connectivity index (χ4v) is 1.33. The van der Waals surface area contributed by atoms with E-state index in [4.69, 9.17) is 17.3 Å². The van der Waals surface area contributed by atoms with Crippen LogP contribution in [0.3, 0.4) is 0 Å². The maximum absolute atomic E-state index is 10.2. The first-order chi connectivity index (χ1) is 9.41. The summed E-state index contributed by atoms with van der Waals surface area (Å²) in [7, 11) is 0. The third-order valence-corrected chi connectivity index (χ3v) is 2.50. The van der Waals surface area contributed by atoms with Gasteiger partial charge in [-0.1, -0.05) is 23.7 Å². The van der Waals surface area contributed by atoms with Gasteiger partial charge in [-0.3, -0.25) is 20.2 Å². The van der Waals surface area contributed by atoms with Crippen LogP contribution in [0.15, 0.2) is 48.5 Å². The van der Waals surface area contributed by atoms with Crippen LogP contribution in [-0.2, 0) is 0 Å². The van der Waals surface area contributed by atoms with Gasteiger partial charge in [0.2, 0.25) is 0 Å². The Morgan fingerprint density at radius 2 is 1.40 bits per heavy atom. The molecule has 0 atom stereocenters. The molecule has 104 valence electrons. The summed E-state index contributed by atoms with van der Waals surface area (Å²) < 4.78 is 0. The van der Waals surface area contributed by atoms with E-state index in [0.29, 0.717) is 10.7 Å². The van der Waals surface area contributed by atoms with Crippen molar-refractivity contribution in [2.45, 2.75) is 0 Å². The summed E-state index contributed by atoms with van der Waals surface area (Å²) >= 11 is 5.58. The maximum Gasteiger partial charge on any atom is 0.276 e. The molecular formula is C12H10ClN3O4. The highest BCUT2D eigenvalue weighted by atomic mass is 35.5. The fraction of sp³-hybridized carbons (Fsp3) is 0. The summed E-state index contributed by atoms with van der Waals surface area (Å²) in [6.45, 7) is 0. The van der Waals surface area contributed by atoms with Crippen LogP contribution >= 0.6 is 11.6 Å². The monoisotopic (exact) mass is 295 g/mol. The minimum Gasteiger partial charge on any atom is -0.398 e. The average molecular weight is 296 g/mol. The highest BCUT2D eigenvalue weighted by Gasteiger charge is 2.11. The van der Waals surface area contributed by atoms with Crippen molar-refractivity contribution >= 4 is 28.7 Å². The number of nitrogens with two attached hydrogens (primary N) is 1. The Balaban J connectivity index is 0.000000217. The zero-order valence-electron chi connectivity index (χ0n) is 10.1. The first-order valence-electron chi connectivity index (χ1n) is 5.30. The number of hydrogen-bond donors (Lipinski definition) is 1. The lowest BCUT2D eigenvalue weighted by atomic mass is 10.3. The van der Waals surface area contributed by atoms with Crippen molar-refractivity contribution in [3.8, 4) is 0 Å². The van der Waals surface area contributed by atoms with Crippen molar-refractivity contribution < 1.29 is 9.85 Å². The van der Waals surface area contributed by atoms with Crippen molar-refractivity contribution in [3.63, 3.8) is 0 Å². The van der Waals surface area contributed by atoms with Crippen molar-refractivity contribution in [2.75, 3.05) is 5.73 Å². The molecule has 8 heteroatoms. The van der Waals surface area contributed by atoms with Crippen LogP contribution in [0.4, 0.5) is 17.1 Å². The molecule has 0 unspecified atom stereocenters. The van der Waals surface area contributed by atoms with Crippen LogP contribution in [0, 0.1) is 20.2 Å². The highest BCUT2D eigenvalue weighted by molar-refractivity contribution is 6.33. The number of nitro benzene ring substituents is 2. The average Bonchev–Trinajstić information content (AvgIpc) is 2.43. The van der Waals surface area contributed by atoms with Gasteiger partial charge in [-0.05, 0) is 18.2 Å². The lowest BCUT2D eigenvalue weighted by molar-refractivity contribution is -0.394. The van der Waals surface area contributed by atoms with Crippen molar-refractivity contribution in [3.05, 3.63) is 73.8 Å². The number of anilines is 1. The predicted molar refractivity (Wildman–Crippen MR) is 75.6 cm³/mol. The Bertz CT molecular complexity index is 583. The fourth-order valence-electron chi connectivity index (χ4n) is 1.20. The molecule has 0 radical (unpaired) electrons. The number of nitrogens with zero attached hydrogens (tertiary/aromatic N) is 2. The van der Waals surface area contributed by atoms with E-state index in [-0.39, 0.29) is 11.4 Å². The molecule has 0 aliphatic heterocycles. The zero-order valence-corrected chi connectivity index (χ0v) is 10.9. The normalized spacial score (nSPS) is 9.25. The molecule has 0 spiro atoms. The minimum absolute atomic E-state index is 0.274. The van der Waals surface area contributed by atoms with Crippen LogP contribution in [0.1, 0.15) is 0 Å². The topological polar surface area (TPSA) is 112 Å².